The van der Waals surface area contributed by atoms with Gasteiger partial charge in [-0.15, -0.1) is 0 Å². The smallest absolute Gasteiger partial charge is 0.331 e. The Bertz CT molecular complexity index is 791. The number of nitrogens with two attached hydrogens (primary N) is 2. The van der Waals surface area contributed by atoms with E-state index >= 15 is 0 Å². The van der Waals surface area contributed by atoms with E-state index in [1.807, 2.05) is 0 Å². The van der Waals surface area contributed by atoms with Crippen molar-refractivity contribution in [1.29, 1.82) is 0 Å². The van der Waals surface area contributed by atoms with Crippen molar-refractivity contribution in [3.63, 3.8) is 0 Å². The first-order valence-corrected chi connectivity index (χ1v) is 12.1. The number of nitrogen functional groups attached to an aromatic ring is 2. The molecule has 4 N–H and O–H groups in total. The van der Waals surface area contributed by atoms with E-state index in [4.69, 9.17) is 20.9 Å². The molecule has 176 valence electrons. The van der Waals surface area contributed by atoms with Crippen LogP contribution in [0.1, 0.15) is 76.7 Å². The van der Waals surface area contributed by atoms with Crippen molar-refractivity contribution in [3.8, 4) is 0 Å². The van der Waals surface area contributed by atoms with E-state index < -0.39 is 11.9 Å². The molecule has 2 aliphatic carbocycles. The molecule has 0 amide bonds. The average Bonchev–Trinajstić information content (AvgIpc) is 2.78. The van der Waals surface area contributed by atoms with Crippen LogP contribution >= 0.6 is 0 Å². The van der Waals surface area contributed by atoms with Crippen molar-refractivity contribution < 1.29 is 19.1 Å². The molecule has 1 aromatic rings. The zero-order valence-corrected chi connectivity index (χ0v) is 19.3. The van der Waals surface area contributed by atoms with Gasteiger partial charge in [-0.25, -0.2) is 9.59 Å². The van der Waals surface area contributed by atoms with Gasteiger partial charge in [0.1, 0.15) is 12.7 Å². The Kier molecular flexibility index (Phi) is 9.00. The summed E-state index contributed by atoms with van der Waals surface area (Å²) in [7, 11) is 0. The highest BCUT2D eigenvalue weighted by molar-refractivity contribution is 5.91. The molecule has 6 nitrogen and oxygen atoms in total. The predicted molar refractivity (Wildman–Crippen MR) is 126 cm³/mol. The van der Waals surface area contributed by atoms with Crippen LogP contribution in [-0.4, -0.2) is 18.0 Å². The van der Waals surface area contributed by atoms with Crippen LogP contribution in [0.4, 0.5) is 11.4 Å². The summed E-state index contributed by atoms with van der Waals surface area (Å²) in [6.45, 7) is 2.30. The Balaban J connectivity index is 1.34. The first-order chi connectivity index (χ1) is 15.4. The molecule has 0 aromatic heterocycles. The van der Waals surface area contributed by atoms with Crippen molar-refractivity contribution in [1.82, 2.24) is 0 Å². The van der Waals surface area contributed by atoms with E-state index in [1.165, 1.54) is 38.5 Å². The van der Waals surface area contributed by atoms with Crippen molar-refractivity contribution in [2.45, 2.75) is 83.8 Å². The molecule has 3 rings (SSSR count). The van der Waals surface area contributed by atoms with Gasteiger partial charge in [0, 0.05) is 29.1 Å². The molecule has 0 atom stereocenters. The molecule has 2 aliphatic rings. The van der Waals surface area contributed by atoms with Gasteiger partial charge in [0.2, 0.25) is 0 Å². The van der Waals surface area contributed by atoms with Crippen molar-refractivity contribution >= 4 is 23.3 Å². The number of ether oxygens (including phenoxy) is 2. The molecule has 1 aromatic carbocycles. The second-order valence-electron chi connectivity index (χ2n) is 9.44. The van der Waals surface area contributed by atoms with Crippen LogP contribution in [-0.2, 0) is 25.7 Å². The van der Waals surface area contributed by atoms with Gasteiger partial charge < -0.3 is 20.9 Å². The Morgan fingerprint density at radius 2 is 1.56 bits per heavy atom. The lowest BCUT2D eigenvalue weighted by molar-refractivity contribution is -0.146. The lowest BCUT2D eigenvalue weighted by atomic mass is 9.70. The number of benzene rings is 1. The van der Waals surface area contributed by atoms with Gasteiger partial charge >= 0.3 is 11.9 Å². The molecule has 6 heteroatoms. The van der Waals surface area contributed by atoms with Gasteiger partial charge in [0.25, 0.3) is 0 Å². The summed E-state index contributed by atoms with van der Waals surface area (Å²) >= 11 is 0. The largest absolute Gasteiger partial charge is 0.459 e. The van der Waals surface area contributed by atoms with Crippen LogP contribution in [0.2, 0.25) is 0 Å². The lowest BCUT2D eigenvalue weighted by Gasteiger charge is -2.37. The highest BCUT2D eigenvalue weighted by Crippen LogP contribution is 2.41. The summed E-state index contributed by atoms with van der Waals surface area (Å²) in [6.07, 6.45) is 14.5. The second-order valence-corrected chi connectivity index (χ2v) is 9.44. The number of anilines is 2. The maximum Gasteiger partial charge on any atom is 0.331 e. The van der Waals surface area contributed by atoms with Gasteiger partial charge in [0.05, 0.1) is 0 Å². The minimum atomic E-state index is -0.611. The number of rotatable bonds is 8. The third-order valence-corrected chi connectivity index (χ3v) is 7.15. The average molecular weight is 443 g/mol. The fourth-order valence-electron chi connectivity index (χ4n) is 5.32. The summed E-state index contributed by atoms with van der Waals surface area (Å²) in [5, 5.41) is 0. The Hall–Kier alpha value is -2.50. The van der Waals surface area contributed by atoms with Crippen LogP contribution in [0.5, 0.6) is 0 Å². The first kappa shape index (κ1) is 24.1. The molecule has 0 bridgehead atoms. The Labute approximate surface area is 191 Å². The number of carbonyl (C=O) groups is 2. The third-order valence-electron chi connectivity index (χ3n) is 7.15. The molecule has 2 saturated carbocycles. The minimum Gasteiger partial charge on any atom is -0.459 e. The summed E-state index contributed by atoms with van der Waals surface area (Å²) in [6, 6.07) is 5.02. The molecular formula is C26H38N2O4. The number of hydrogen-bond donors (Lipinski definition) is 2. The van der Waals surface area contributed by atoms with Crippen molar-refractivity contribution in [2.75, 3.05) is 11.5 Å². The molecule has 0 spiro atoms. The highest BCUT2D eigenvalue weighted by atomic mass is 16.5. The normalized spacial score (nSPS) is 26.0. The van der Waals surface area contributed by atoms with Crippen LogP contribution in [0.15, 0.2) is 30.4 Å². The van der Waals surface area contributed by atoms with E-state index in [2.05, 4.69) is 6.92 Å². The van der Waals surface area contributed by atoms with Gasteiger partial charge in [-0.1, -0.05) is 38.7 Å². The Morgan fingerprint density at radius 1 is 0.938 bits per heavy atom. The molecule has 32 heavy (non-hydrogen) atoms. The maximum absolute atomic E-state index is 12.1. The van der Waals surface area contributed by atoms with Crippen LogP contribution in [0.3, 0.4) is 0 Å². The fraction of sp³-hybridized carbons (Fsp3) is 0.615. The lowest BCUT2D eigenvalue weighted by Crippen LogP contribution is -2.29. The van der Waals surface area contributed by atoms with Gasteiger partial charge in [-0.05, 0) is 68.4 Å². The molecular weight excluding hydrogens is 404 g/mol. The number of hydrogen-bond acceptors (Lipinski definition) is 6. The summed E-state index contributed by atoms with van der Waals surface area (Å²) in [4.78, 5) is 24.0. The van der Waals surface area contributed by atoms with Gasteiger partial charge in [-0.2, -0.15) is 0 Å². The highest BCUT2D eigenvalue weighted by Gasteiger charge is 2.31. The standard InChI is InChI=1S/C26H38N2O4/c1-2-3-18-4-6-19(7-5-18)20-9-12-23(13-10-20)32-26(30)15-14-25(29)31-17-21-8-11-22(27)16-24(21)28/h8,11,14-16,18-20,23H,2-7,9-10,12-13,17,27-28H2,1H3/b15-14-. The zero-order valence-electron chi connectivity index (χ0n) is 19.3. The van der Waals surface area contributed by atoms with Crippen LogP contribution in [0, 0.1) is 17.8 Å². The predicted octanol–water partition coefficient (Wildman–Crippen LogP) is 5.16. The van der Waals surface area contributed by atoms with E-state index in [1.54, 1.807) is 18.2 Å². The maximum atomic E-state index is 12.1. The summed E-state index contributed by atoms with van der Waals surface area (Å²) in [5.41, 5.74) is 13.2. The first-order valence-electron chi connectivity index (χ1n) is 12.1. The van der Waals surface area contributed by atoms with Crippen molar-refractivity contribution in [2.24, 2.45) is 17.8 Å². The summed E-state index contributed by atoms with van der Waals surface area (Å²) in [5.74, 6) is 1.47. The van der Waals surface area contributed by atoms with Crippen LogP contribution in [0.25, 0.3) is 0 Å². The van der Waals surface area contributed by atoms with Gasteiger partial charge in [0.15, 0.2) is 0 Å². The molecule has 0 unspecified atom stereocenters. The SMILES string of the molecule is CCCC1CCC(C2CCC(OC(=O)/C=C\C(=O)OCc3ccc(N)cc3N)CC2)CC1. The second kappa shape index (κ2) is 11.9. The van der Waals surface area contributed by atoms with E-state index in [9.17, 15) is 9.59 Å². The molecule has 2 fully saturated rings. The fourth-order valence-corrected chi connectivity index (χ4v) is 5.32. The van der Waals surface area contributed by atoms with Crippen molar-refractivity contribution in [3.05, 3.63) is 35.9 Å². The topological polar surface area (TPSA) is 105 Å². The monoisotopic (exact) mass is 442 g/mol. The summed E-state index contributed by atoms with van der Waals surface area (Å²) < 4.78 is 10.7. The number of carbonyl (C=O) groups excluding carboxylic acids is 2. The minimum absolute atomic E-state index is 0.0225. The third kappa shape index (κ3) is 7.28. The number of esters is 2. The van der Waals surface area contributed by atoms with E-state index in [0.29, 0.717) is 16.9 Å². The quantitative estimate of drug-likeness (QED) is 0.327. The van der Waals surface area contributed by atoms with Crippen LogP contribution < -0.4 is 11.5 Å². The van der Waals surface area contributed by atoms with E-state index in [-0.39, 0.29) is 12.7 Å². The Morgan fingerprint density at radius 3 is 2.19 bits per heavy atom. The molecule has 0 saturated heterocycles. The van der Waals surface area contributed by atoms with Gasteiger partial charge in [-0.3, -0.25) is 0 Å². The zero-order chi connectivity index (χ0) is 22.9. The molecule has 0 radical (unpaired) electrons. The van der Waals surface area contributed by atoms with E-state index in [0.717, 1.165) is 55.6 Å². The molecule has 0 aliphatic heterocycles. The molecule has 0 heterocycles.